The summed E-state index contributed by atoms with van der Waals surface area (Å²) in [4.78, 5) is 8.69. The first-order chi connectivity index (χ1) is 10.3. The summed E-state index contributed by atoms with van der Waals surface area (Å²) in [5.74, 6) is 2.49. The van der Waals surface area contributed by atoms with Gasteiger partial charge in [-0.1, -0.05) is 18.2 Å². The molecule has 0 saturated heterocycles. The van der Waals surface area contributed by atoms with Crippen molar-refractivity contribution < 1.29 is 4.74 Å². The van der Waals surface area contributed by atoms with Gasteiger partial charge in [0.25, 0.3) is 0 Å². The highest BCUT2D eigenvalue weighted by molar-refractivity contribution is 5.41. The Kier molecular flexibility index (Phi) is 4.19. The lowest BCUT2D eigenvalue weighted by molar-refractivity contribution is 0.410. The molecule has 1 aromatic carbocycles. The molecule has 1 aliphatic rings. The van der Waals surface area contributed by atoms with Crippen molar-refractivity contribution in [1.29, 1.82) is 0 Å². The molecule has 1 aliphatic carbocycles. The van der Waals surface area contributed by atoms with Gasteiger partial charge in [0.15, 0.2) is 0 Å². The Morgan fingerprint density at radius 2 is 2.10 bits per heavy atom. The maximum Gasteiger partial charge on any atom is 0.224 e. The molecule has 5 heteroatoms. The molecule has 1 fully saturated rings. The van der Waals surface area contributed by atoms with Crippen LogP contribution in [-0.4, -0.2) is 29.7 Å². The second kappa shape index (κ2) is 6.43. The molecule has 0 unspecified atom stereocenters. The van der Waals surface area contributed by atoms with Crippen LogP contribution in [-0.2, 0) is 6.42 Å². The predicted molar refractivity (Wildman–Crippen MR) is 83.9 cm³/mol. The van der Waals surface area contributed by atoms with E-state index in [2.05, 4.69) is 26.7 Å². The van der Waals surface area contributed by atoms with Crippen LogP contribution in [0.4, 0.5) is 11.8 Å². The van der Waals surface area contributed by atoms with Gasteiger partial charge in [-0.25, -0.2) is 4.98 Å². The SMILES string of the molecule is COc1ccccc1CCNc1ccnc(NC2CC2)n1. The van der Waals surface area contributed by atoms with Crippen molar-refractivity contribution in [1.82, 2.24) is 9.97 Å². The summed E-state index contributed by atoms with van der Waals surface area (Å²) in [6, 6.07) is 10.5. The molecular weight excluding hydrogens is 264 g/mol. The molecule has 3 rings (SSSR count). The third-order valence-corrected chi connectivity index (χ3v) is 3.46. The smallest absolute Gasteiger partial charge is 0.224 e. The molecule has 0 atom stereocenters. The summed E-state index contributed by atoms with van der Waals surface area (Å²) < 4.78 is 5.35. The second-order valence-corrected chi connectivity index (χ2v) is 5.17. The van der Waals surface area contributed by atoms with E-state index in [0.717, 1.165) is 24.5 Å². The average molecular weight is 284 g/mol. The van der Waals surface area contributed by atoms with Gasteiger partial charge in [-0.05, 0) is 37.0 Å². The van der Waals surface area contributed by atoms with Gasteiger partial charge in [-0.15, -0.1) is 0 Å². The zero-order chi connectivity index (χ0) is 14.5. The quantitative estimate of drug-likeness (QED) is 0.818. The van der Waals surface area contributed by atoms with E-state index in [9.17, 15) is 0 Å². The molecule has 0 amide bonds. The zero-order valence-corrected chi connectivity index (χ0v) is 12.2. The van der Waals surface area contributed by atoms with Crippen LogP contribution in [0.1, 0.15) is 18.4 Å². The predicted octanol–water partition coefficient (Wildman–Crippen LogP) is 2.71. The van der Waals surface area contributed by atoms with Crippen LogP contribution in [0.25, 0.3) is 0 Å². The summed E-state index contributed by atoms with van der Waals surface area (Å²) in [5, 5.41) is 6.63. The van der Waals surface area contributed by atoms with E-state index in [1.807, 2.05) is 24.3 Å². The number of hydrogen-bond donors (Lipinski definition) is 2. The van der Waals surface area contributed by atoms with Crippen LogP contribution < -0.4 is 15.4 Å². The van der Waals surface area contributed by atoms with Gasteiger partial charge in [0, 0.05) is 18.8 Å². The van der Waals surface area contributed by atoms with Crippen molar-refractivity contribution in [2.75, 3.05) is 24.3 Å². The first-order valence-corrected chi connectivity index (χ1v) is 7.30. The lowest BCUT2D eigenvalue weighted by atomic mass is 10.1. The monoisotopic (exact) mass is 284 g/mol. The second-order valence-electron chi connectivity index (χ2n) is 5.17. The summed E-state index contributed by atoms with van der Waals surface area (Å²) in [6.45, 7) is 0.806. The number of methoxy groups -OCH3 is 1. The van der Waals surface area contributed by atoms with Crippen LogP contribution in [0.3, 0.4) is 0 Å². The minimum atomic E-state index is 0.564. The van der Waals surface area contributed by atoms with Crippen molar-refractivity contribution in [3.8, 4) is 5.75 Å². The number of aromatic nitrogens is 2. The number of para-hydroxylation sites is 1. The van der Waals surface area contributed by atoms with Gasteiger partial charge in [-0.2, -0.15) is 4.98 Å². The Morgan fingerprint density at radius 3 is 2.90 bits per heavy atom. The zero-order valence-electron chi connectivity index (χ0n) is 12.2. The van der Waals surface area contributed by atoms with Gasteiger partial charge < -0.3 is 15.4 Å². The summed E-state index contributed by atoms with van der Waals surface area (Å²) in [7, 11) is 1.70. The molecule has 0 bridgehead atoms. The number of rotatable bonds is 7. The highest BCUT2D eigenvalue weighted by Crippen LogP contribution is 2.23. The molecule has 1 heterocycles. The molecule has 1 aromatic heterocycles. The Morgan fingerprint density at radius 1 is 1.24 bits per heavy atom. The fourth-order valence-corrected chi connectivity index (χ4v) is 2.17. The van der Waals surface area contributed by atoms with Crippen molar-refractivity contribution in [2.24, 2.45) is 0 Å². The van der Waals surface area contributed by atoms with Crippen LogP contribution in [0, 0.1) is 0 Å². The van der Waals surface area contributed by atoms with Gasteiger partial charge in [0.1, 0.15) is 11.6 Å². The Bertz CT molecular complexity index is 598. The minimum absolute atomic E-state index is 0.564. The summed E-state index contributed by atoms with van der Waals surface area (Å²) >= 11 is 0. The molecule has 21 heavy (non-hydrogen) atoms. The highest BCUT2D eigenvalue weighted by Gasteiger charge is 2.21. The van der Waals surface area contributed by atoms with E-state index in [1.54, 1.807) is 13.3 Å². The Labute approximate surface area is 124 Å². The van der Waals surface area contributed by atoms with Crippen molar-refractivity contribution in [3.05, 3.63) is 42.1 Å². The van der Waals surface area contributed by atoms with E-state index in [4.69, 9.17) is 4.74 Å². The maximum absolute atomic E-state index is 5.35. The highest BCUT2D eigenvalue weighted by atomic mass is 16.5. The number of nitrogens with zero attached hydrogens (tertiary/aromatic N) is 2. The van der Waals surface area contributed by atoms with E-state index < -0.39 is 0 Å². The van der Waals surface area contributed by atoms with E-state index >= 15 is 0 Å². The number of anilines is 2. The van der Waals surface area contributed by atoms with Gasteiger partial charge in [0.2, 0.25) is 5.95 Å². The van der Waals surface area contributed by atoms with Crippen molar-refractivity contribution in [3.63, 3.8) is 0 Å². The number of hydrogen-bond acceptors (Lipinski definition) is 5. The van der Waals surface area contributed by atoms with E-state index in [-0.39, 0.29) is 0 Å². The summed E-state index contributed by atoms with van der Waals surface area (Å²) in [6.07, 6.45) is 5.10. The van der Waals surface area contributed by atoms with Crippen LogP contribution in [0.5, 0.6) is 5.75 Å². The number of benzene rings is 1. The fraction of sp³-hybridized carbons (Fsp3) is 0.375. The Hall–Kier alpha value is -2.30. The molecule has 2 aromatic rings. The molecule has 5 nitrogen and oxygen atoms in total. The first-order valence-electron chi connectivity index (χ1n) is 7.30. The van der Waals surface area contributed by atoms with Crippen LogP contribution in [0.2, 0.25) is 0 Å². The number of ether oxygens (including phenoxy) is 1. The van der Waals surface area contributed by atoms with Crippen LogP contribution in [0.15, 0.2) is 36.5 Å². The lowest BCUT2D eigenvalue weighted by Crippen LogP contribution is -2.10. The lowest BCUT2D eigenvalue weighted by Gasteiger charge is -2.10. The molecule has 0 spiro atoms. The molecule has 0 radical (unpaired) electrons. The fourth-order valence-electron chi connectivity index (χ4n) is 2.17. The molecule has 0 aliphatic heterocycles. The third-order valence-electron chi connectivity index (χ3n) is 3.46. The third kappa shape index (κ3) is 3.84. The van der Waals surface area contributed by atoms with Crippen molar-refractivity contribution >= 4 is 11.8 Å². The molecule has 1 saturated carbocycles. The summed E-state index contributed by atoms with van der Waals surface area (Å²) in [5.41, 5.74) is 1.19. The Balaban J connectivity index is 1.54. The van der Waals surface area contributed by atoms with E-state index in [0.29, 0.717) is 12.0 Å². The maximum atomic E-state index is 5.35. The van der Waals surface area contributed by atoms with Crippen molar-refractivity contribution in [2.45, 2.75) is 25.3 Å². The average Bonchev–Trinajstić information content (AvgIpc) is 3.32. The topological polar surface area (TPSA) is 59.1 Å². The first kappa shape index (κ1) is 13.7. The van der Waals surface area contributed by atoms with E-state index in [1.165, 1.54) is 18.4 Å². The normalized spacial score (nSPS) is 13.8. The molecular formula is C16H20N4O. The molecule has 2 N–H and O–H groups in total. The number of nitrogens with one attached hydrogen (secondary N) is 2. The van der Waals surface area contributed by atoms with Crippen LogP contribution >= 0.6 is 0 Å². The molecule has 110 valence electrons. The van der Waals surface area contributed by atoms with Gasteiger partial charge in [0.05, 0.1) is 7.11 Å². The van der Waals surface area contributed by atoms with Gasteiger partial charge >= 0.3 is 0 Å². The largest absolute Gasteiger partial charge is 0.496 e. The minimum Gasteiger partial charge on any atom is -0.496 e. The standard InChI is InChI=1S/C16H20N4O/c1-21-14-5-3-2-4-12(14)8-10-17-15-9-11-18-16(20-15)19-13-6-7-13/h2-5,9,11,13H,6-8,10H2,1H3,(H2,17,18,19,20). The van der Waals surface area contributed by atoms with Gasteiger partial charge in [-0.3, -0.25) is 0 Å².